The van der Waals surface area contributed by atoms with Crippen LogP contribution in [0.25, 0.3) is 0 Å². The molecule has 0 saturated heterocycles. The van der Waals surface area contributed by atoms with Crippen LogP contribution in [0.1, 0.15) is 30.4 Å². The highest BCUT2D eigenvalue weighted by Gasteiger charge is 2.17. The summed E-state index contributed by atoms with van der Waals surface area (Å²) in [6.45, 7) is 4.30. The second-order valence-corrected chi connectivity index (χ2v) is 5.47. The Labute approximate surface area is 136 Å². The highest BCUT2D eigenvalue weighted by molar-refractivity contribution is 5.92. The molecule has 0 aliphatic heterocycles. The van der Waals surface area contributed by atoms with E-state index in [1.807, 2.05) is 13.8 Å². The quantitative estimate of drug-likeness (QED) is 0.839. The lowest BCUT2D eigenvalue weighted by atomic mass is 10.2. The number of nitrogens with one attached hydrogen (secondary N) is 2. The van der Waals surface area contributed by atoms with Gasteiger partial charge in [-0.05, 0) is 18.1 Å². The molecule has 9 heteroatoms. The van der Waals surface area contributed by atoms with Crippen LogP contribution in [0.4, 0.5) is 14.5 Å². The zero-order chi connectivity index (χ0) is 17.7. The third-order valence-electron chi connectivity index (χ3n) is 2.86. The summed E-state index contributed by atoms with van der Waals surface area (Å²) in [5.41, 5.74) is -0.167. The molecule has 2 aromatic rings. The van der Waals surface area contributed by atoms with Crippen LogP contribution in [0.15, 0.2) is 22.7 Å². The van der Waals surface area contributed by atoms with Crippen molar-refractivity contribution in [1.29, 1.82) is 0 Å². The molecule has 1 aromatic heterocycles. The number of hydrogen-bond donors (Lipinski definition) is 2. The maximum atomic E-state index is 13.5. The number of anilines is 1. The average molecular weight is 338 g/mol. The molecule has 7 nitrogen and oxygen atoms in total. The molecule has 0 saturated carbocycles. The Morgan fingerprint density at radius 1 is 1.29 bits per heavy atom. The van der Waals surface area contributed by atoms with Gasteiger partial charge in [0.1, 0.15) is 11.6 Å². The van der Waals surface area contributed by atoms with Gasteiger partial charge in [-0.3, -0.25) is 9.59 Å². The molecule has 2 rings (SSSR count). The Hall–Kier alpha value is -2.84. The zero-order valence-corrected chi connectivity index (χ0v) is 13.1. The van der Waals surface area contributed by atoms with Crippen molar-refractivity contribution in [2.45, 2.75) is 20.3 Å². The third-order valence-corrected chi connectivity index (χ3v) is 2.86. The van der Waals surface area contributed by atoms with Crippen LogP contribution in [-0.2, 0) is 11.2 Å². The second-order valence-electron chi connectivity index (χ2n) is 5.47. The van der Waals surface area contributed by atoms with Crippen molar-refractivity contribution in [3.63, 3.8) is 0 Å². The summed E-state index contributed by atoms with van der Waals surface area (Å²) < 4.78 is 31.0. The van der Waals surface area contributed by atoms with Crippen molar-refractivity contribution in [2.24, 2.45) is 5.92 Å². The Morgan fingerprint density at radius 2 is 2.04 bits per heavy atom. The summed E-state index contributed by atoms with van der Waals surface area (Å²) in [6, 6.07) is 2.77. The van der Waals surface area contributed by atoms with Crippen LogP contribution in [-0.4, -0.2) is 28.5 Å². The summed E-state index contributed by atoms with van der Waals surface area (Å²) in [4.78, 5) is 27.3. The Kier molecular flexibility index (Phi) is 5.56. The van der Waals surface area contributed by atoms with Crippen molar-refractivity contribution in [1.82, 2.24) is 15.5 Å². The largest absolute Gasteiger partial charge is 0.348 e. The predicted octanol–water partition coefficient (Wildman–Crippen LogP) is 1.91. The van der Waals surface area contributed by atoms with E-state index in [1.54, 1.807) is 0 Å². The summed E-state index contributed by atoms with van der Waals surface area (Å²) in [7, 11) is 0. The van der Waals surface area contributed by atoms with Gasteiger partial charge >= 0.3 is 11.8 Å². The molecular weight excluding hydrogens is 322 g/mol. The van der Waals surface area contributed by atoms with E-state index in [0.29, 0.717) is 12.6 Å². The molecule has 2 amide bonds. The van der Waals surface area contributed by atoms with Crippen LogP contribution < -0.4 is 10.6 Å². The maximum absolute atomic E-state index is 13.5. The fourth-order valence-electron chi connectivity index (χ4n) is 1.72. The van der Waals surface area contributed by atoms with Crippen molar-refractivity contribution < 1.29 is 22.9 Å². The normalized spacial score (nSPS) is 10.7. The fraction of sp³-hybridized carbons (Fsp3) is 0.333. The zero-order valence-electron chi connectivity index (χ0n) is 13.1. The van der Waals surface area contributed by atoms with Gasteiger partial charge in [0, 0.05) is 12.6 Å². The van der Waals surface area contributed by atoms with Crippen molar-refractivity contribution in [3.8, 4) is 0 Å². The van der Waals surface area contributed by atoms with E-state index >= 15 is 0 Å². The molecule has 0 spiro atoms. The van der Waals surface area contributed by atoms with Gasteiger partial charge in [-0.15, -0.1) is 0 Å². The van der Waals surface area contributed by atoms with E-state index in [1.165, 1.54) is 0 Å². The molecule has 0 fully saturated rings. The van der Waals surface area contributed by atoms with Gasteiger partial charge < -0.3 is 15.2 Å². The maximum Gasteiger partial charge on any atom is 0.315 e. The first-order valence-corrected chi connectivity index (χ1v) is 7.21. The molecule has 0 radical (unpaired) electrons. The van der Waals surface area contributed by atoms with Gasteiger partial charge in [0.25, 0.3) is 0 Å². The number of hydrogen-bond acceptors (Lipinski definition) is 5. The van der Waals surface area contributed by atoms with Gasteiger partial charge in [0.05, 0.1) is 12.1 Å². The standard InChI is InChI=1S/C15H16F2N4O3/c1-8(2)7-18-14(23)15-20-12(21-24-15)6-13(22)19-11-4-3-9(16)5-10(11)17/h3-5,8H,6-7H2,1-2H3,(H,18,23)(H,19,22). The molecule has 0 bridgehead atoms. The van der Waals surface area contributed by atoms with Crippen LogP contribution in [0, 0.1) is 17.6 Å². The molecule has 2 N–H and O–H groups in total. The first kappa shape index (κ1) is 17.5. The average Bonchev–Trinajstić information content (AvgIpc) is 2.96. The lowest BCUT2D eigenvalue weighted by molar-refractivity contribution is -0.115. The number of amides is 2. The Morgan fingerprint density at radius 3 is 2.71 bits per heavy atom. The molecule has 0 atom stereocenters. The number of carbonyl (C=O) groups is 2. The number of aromatic nitrogens is 2. The molecule has 24 heavy (non-hydrogen) atoms. The van der Waals surface area contributed by atoms with Gasteiger partial charge in [-0.2, -0.15) is 4.98 Å². The fourth-order valence-corrected chi connectivity index (χ4v) is 1.72. The number of nitrogens with zero attached hydrogens (tertiary/aromatic N) is 2. The van der Waals surface area contributed by atoms with E-state index < -0.39 is 23.4 Å². The lowest BCUT2D eigenvalue weighted by Gasteiger charge is -2.04. The van der Waals surface area contributed by atoms with E-state index in [0.717, 1.165) is 12.1 Å². The third kappa shape index (κ3) is 4.83. The summed E-state index contributed by atoms with van der Waals surface area (Å²) in [6.07, 6.45) is -0.322. The first-order chi connectivity index (χ1) is 11.3. The van der Waals surface area contributed by atoms with Gasteiger partial charge in [0.15, 0.2) is 5.82 Å². The molecule has 1 heterocycles. The molecular formula is C15H16F2N4O3. The van der Waals surface area contributed by atoms with Crippen LogP contribution in [0.3, 0.4) is 0 Å². The monoisotopic (exact) mass is 338 g/mol. The summed E-state index contributed by atoms with van der Waals surface area (Å²) in [5.74, 6) is -2.84. The number of carbonyl (C=O) groups excluding carboxylic acids is 2. The Balaban J connectivity index is 1.94. The molecule has 1 aromatic carbocycles. The SMILES string of the molecule is CC(C)CNC(=O)c1nc(CC(=O)Nc2ccc(F)cc2F)no1. The summed E-state index contributed by atoms with van der Waals surface area (Å²) >= 11 is 0. The first-order valence-electron chi connectivity index (χ1n) is 7.21. The van der Waals surface area contributed by atoms with E-state index in [9.17, 15) is 18.4 Å². The van der Waals surface area contributed by atoms with E-state index in [2.05, 4.69) is 20.8 Å². The minimum absolute atomic E-state index is 0.0234. The highest BCUT2D eigenvalue weighted by atomic mass is 19.1. The smallest absolute Gasteiger partial charge is 0.315 e. The van der Waals surface area contributed by atoms with Gasteiger partial charge in [-0.1, -0.05) is 19.0 Å². The van der Waals surface area contributed by atoms with Gasteiger partial charge in [-0.25, -0.2) is 8.78 Å². The molecule has 0 aliphatic carbocycles. The number of rotatable bonds is 6. The lowest BCUT2D eigenvalue weighted by Crippen LogP contribution is -2.27. The van der Waals surface area contributed by atoms with Crippen LogP contribution in [0.2, 0.25) is 0 Å². The Bertz CT molecular complexity index is 746. The van der Waals surface area contributed by atoms with Crippen molar-refractivity contribution in [2.75, 3.05) is 11.9 Å². The number of benzene rings is 1. The minimum Gasteiger partial charge on any atom is -0.348 e. The van der Waals surface area contributed by atoms with Crippen molar-refractivity contribution >= 4 is 17.5 Å². The topological polar surface area (TPSA) is 97.1 Å². The molecule has 0 unspecified atom stereocenters. The molecule has 0 aliphatic rings. The van der Waals surface area contributed by atoms with Gasteiger partial charge in [0.2, 0.25) is 5.91 Å². The minimum atomic E-state index is -0.898. The van der Waals surface area contributed by atoms with Crippen LogP contribution in [0.5, 0.6) is 0 Å². The predicted molar refractivity (Wildman–Crippen MR) is 80.2 cm³/mol. The van der Waals surface area contributed by atoms with E-state index in [4.69, 9.17) is 4.52 Å². The summed E-state index contributed by atoms with van der Waals surface area (Å²) in [5, 5.41) is 8.38. The molecule has 128 valence electrons. The second kappa shape index (κ2) is 7.62. The number of halogens is 2. The van der Waals surface area contributed by atoms with Crippen LogP contribution >= 0.6 is 0 Å². The van der Waals surface area contributed by atoms with Crippen molar-refractivity contribution in [3.05, 3.63) is 41.5 Å². The van der Waals surface area contributed by atoms with E-state index in [-0.39, 0.29) is 29.7 Å². The highest BCUT2D eigenvalue weighted by Crippen LogP contribution is 2.15.